The molecule has 0 radical (unpaired) electrons. The van der Waals surface area contributed by atoms with Crippen LogP contribution in [-0.4, -0.2) is 13.2 Å². The third kappa shape index (κ3) is 9.57. The predicted octanol–water partition coefficient (Wildman–Crippen LogP) is 5.84. The van der Waals surface area contributed by atoms with Gasteiger partial charge in [0.1, 0.15) is 5.76 Å². The molecule has 0 aromatic rings. The zero-order valence-electron chi connectivity index (χ0n) is 13.5. The van der Waals surface area contributed by atoms with Crippen molar-refractivity contribution in [3.63, 3.8) is 0 Å². The molecular formula is C15H31O4P. The van der Waals surface area contributed by atoms with E-state index in [4.69, 9.17) is 13.6 Å². The molecule has 5 heteroatoms. The summed E-state index contributed by atoms with van der Waals surface area (Å²) in [6, 6.07) is 0. The summed E-state index contributed by atoms with van der Waals surface area (Å²) < 4.78 is 28.3. The maximum absolute atomic E-state index is 12.4. The van der Waals surface area contributed by atoms with Gasteiger partial charge in [-0.05, 0) is 39.2 Å². The molecule has 0 fully saturated rings. The van der Waals surface area contributed by atoms with Crippen molar-refractivity contribution in [1.82, 2.24) is 0 Å². The molecule has 0 saturated heterocycles. The number of hydrogen-bond acceptors (Lipinski definition) is 4. The lowest BCUT2D eigenvalue weighted by Crippen LogP contribution is -2.01. The molecule has 0 unspecified atom stereocenters. The quantitative estimate of drug-likeness (QED) is 0.244. The highest BCUT2D eigenvalue weighted by atomic mass is 31.2. The van der Waals surface area contributed by atoms with E-state index < -0.39 is 7.82 Å². The van der Waals surface area contributed by atoms with Gasteiger partial charge in [-0.3, -0.25) is 9.05 Å². The van der Waals surface area contributed by atoms with Crippen LogP contribution in [0.15, 0.2) is 11.8 Å². The van der Waals surface area contributed by atoms with Gasteiger partial charge in [0, 0.05) is 6.42 Å². The lowest BCUT2D eigenvalue weighted by molar-refractivity contribution is 0.142. The Labute approximate surface area is 124 Å². The van der Waals surface area contributed by atoms with Crippen LogP contribution in [0.3, 0.4) is 0 Å². The molecule has 0 aliphatic rings. The third-order valence-electron chi connectivity index (χ3n) is 2.76. The van der Waals surface area contributed by atoms with E-state index in [1.807, 2.05) is 6.08 Å². The Bertz CT molecular complexity index is 292. The SMILES string of the molecule is CCCC/C=C(\CCCCC)OP(=O)(OCC)OCC. The molecule has 0 N–H and O–H groups in total. The van der Waals surface area contributed by atoms with E-state index in [-0.39, 0.29) is 0 Å². The monoisotopic (exact) mass is 306 g/mol. The molecule has 120 valence electrons. The summed E-state index contributed by atoms with van der Waals surface area (Å²) >= 11 is 0. The van der Waals surface area contributed by atoms with Crippen LogP contribution in [0.4, 0.5) is 0 Å². The van der Waals surface area contributed by atoms with Gasteiger partial charge < -0.3 is 4.52 Å². The Morgan fingerprint density at radius 3 is 2.05 bits per heavy atom. The summed E-state index contributed by atoms with van der Waals surface area (Å²) in [6.45, 7) is 8.51. The molecule has 0 aromatic heterocycles. The third-order valence-corrected chi connectivity index (χ3v) is 4.37. The second kappa shape index (κ2) is 12.4. The van der Waals surface area contributed by atoms with Crippen LogP contribution in [-0.2, 0) is 18.1 Å². The molecule has 0 aliphatic heterocycles. The summed E-state index contributed by atoms with van der Waals surface area (Å²) in [5, 5.41) is 0. The first-order chi connectivity index (χ1) is 9.61. The van der Waals surface area contributed by atoms with Gasteiger partial charge in [-0.1, -0.05) is 33.1 Å². The number of phosphoric ester groups is 1. The minimum absolute atomic E-state index is 0.314. The highest BCUT2D eigenvalue weighted by Crippen LogP contribution is 2.51. The summed E-state index contributed by atoms with van der Waals surface area (Å²) in [4.78, 5) is 0. The van der Waals surface area contributed by atoms with E-state index in [1.165, 1.54) is 0 Å². The molecule has 0 bridgehead atoms. The van der Waals surface area contributed by atoms with Crippen molar-refractivity contribution in [2.75, 3.05) is 13.2 Å². The molecule has 0 spiro atoms. The van der Waals surface area contributed by atoms with Crippen molar-refractivity contribution in [2.45, 2.75) is 72.6 Å². The van der Waals surface area contributed by atoms with Crippen LogP contribution in [0.5, 0.6) is 0 Å². The fraction of sp³-hybridized carbons (Fsp3) is 0.867. The Morgan fingerprint density at radius 2 is 1.55 bits per heavy atom. The number of hydrogen-bond donors (Lipinski definition) is 0. The smallest absolute Gasteiger partial charge is 0.409 e. The minimum Gasteiger partial charge on any atom is -0.409 e. The van der Waals surface area contributed by atoms with Crippen LogP contribution in [0.1, 0.15) is 72.6 Å². The number of unbranched alkanes of at least 4 members (excludes halogenated alkanes) is 4. The number of rotatable bonds is 13. The van der Waals surface area contributed by atoms with Crippen LogP contribution < -0.4 is 0 Å². The zero-order chi connectivity index (χ0) is 15.3. The lowest BCUT2D eigenvalue weighted by atomic mass is 10.1. The second-order valence-corrected chi connectivity index (χ2v) is 6.24. The summed E-state index contributed by atoms with van der Waals surface area (Å²) in [6.07, 6.45) is 9.33. The summed E-state index contributed by atoms with van der Waals surface area (Å²) in [7, 11) is -3.44. The van der Waals surface area contributed by atoms with Gasteiger partial charge in [0.15, 0.2) is 0 Å². The Morgan fingerprint density at radius 1 is 0.950 bits per heavy atom. The summed E-state index contributed by atoms with van der Waals surface area (Å²) in [5.41, 5.74) is 0. The fourth-order valence-corrected chi connectivity index (χ4v) is 3.02. The van der Waals surface area contributed by atoms with E-state index in [1.54, 1.807) is 13.8 Å². The van der Waals surface area contributed by atoms with Crippen molar-refractivity contribution in [2.24, 2.45) is 0 Å². The Kier molecular flexibility index (Phi) is 12.2. The van der Waals surface area contributed by atoms with Gasteiger partial charge in [-0.2, -0.15) is 0 Å². The Balaban J connectivity index is 4.63. The molecule has 4 nitrogen and oxygen atoms in total. The Hall–Kier alpha value is -0.310. The van der Waals surface area contributed by atoms with Crippen molar-refractivity contribution in [1.29, 1.82) is 0 Å². The average molecular weight is 306 g/mol. The molecule has 0 aromatic carbocycles. The van der Waals surface area contributed by atoms with Crippen molar-refractivity contribution < 1.29 is 18.1 Å². The molecule has 0 heterocycles. The largest absolute Gasteiger partial charge is 0.529 e. The van der Waals surface area contributed by atoms with Gasteiger partial charge in [-0.15, -0.1) is 0 Å². The molecule has 0 atom stereocenters. The maximum Gasteiger partial charge on any atom is 0.529 e. The van der Waals surface area contributed by atoms with E-state index in [0.717, 1.165) is 50.7 Å². The zero-order valence-corrected chi connectivity index (χ0v) is 14.4. The van der Waals surface area contributed by atoms with Crippen molar-refractivity contribution in [3.8, 4) is 0 Å². The first-order valence-electron chi connectivity index (χ1n) is 7.89. The standard InChI is InChI=1S/C15H31O4P/c1-5-9-11-13-15(14-12-10-6-2)19-20(16,17-7-3)18-8-4/h13H,5-12,14H2,1-4H3/b15-13+. The lowest BCUT2D eigenvalue weighted by Gasteiger charge is -2.19. The van der Waals surface area contributed by atoms with E-state index in [9.17, 15) is 4.57 Å². The first-order valence-corrected chi connectivity index (χ1v) is 9.35. The van der Waals surface area contributed by atoms with Crippen LogP contribution in [0.2, 0.25) is 0 Å². The molecule has 0 aliphatic carbocycles. The van der Waals surface area contributed by atoms with Gasteiger partial charge in [0.25, 0.3) is 0 Å². The van der Waals surface area contributed by atoms with Crippen LogP contribution >= 0.6 is 7.82 Å². The predicted molar refractivity (Wildman–Crippen MR) is 83.7 cm³/mol. The second-order valence-electron chi connectivity index (χ2n) is 4.64. The van der Waals surface area contributed by atoms with Gasteiger partial charge >= 0.3 is 7.82 Å². The van der Waals surface area contributed by atoms with E-state index in [0.29, 0.717) is 13.2 Å². The van der Waals surface area contributed by atoms with Crippen molar-refractivity contribution in [3.05, 3.63) is 11.8 Å². The van der Waals surface area contributed by atoms with Gasteiger partial charge in [0.2, 0.25) is 0 Å². The number of phosphoric acid groups is 1. The van der Waals surface area contributed by atoms with E-state index >= 15 is 0 Å². The fourth-order valence-electron chi connectivity index (χ4n) is 1.75. The van der Waals surface area contributed by atoms with E-state index in [2.05, 4.69) is 13.8 Å². The van der Waals surface area contributed by atoms with Gasteiger partial charge in [0.05, 0.1) is 13.2 Å². The maximum atomic E-state index is 12.4. The van der Waals surface area contributed by atoms with Crippen LogP contribution in [0, 0.1) is 0 Å². The topological polar surface area (TPSA) is 44.8 Å². The number of allylic oxidation sites excluding steroid dienone is 2. The molecule has 20 heavy (non-hydrogen) atoms. The molecule has 0 rings (SSSR count). The van der Waals surface area contributed by atoms with Crippen LogP contribution in [0.25, 0.3) is 0 Å². The highest BCUT2D eigenvalue weighted by Gasteiger charge is 2.27. The molecular weight excluding hydrogens is 275 g/mol. The van der Waals surface area contributed by atoms with Crippen molar-refractivity contribution >= 4 is 7.82 Å². The molecule has 0 amide bonds. The minimum atomic E-state index is -3.44. The molecule has 0 saturated carbocycles. The normalized spacial score (nSPS) is 12.7. The van der Waals surface area contributed by atoms with Gasteiger partial charge in [-0.25, -0.2) is 4.57 Å². The summed E-state index contributed by atoms with van der Waals surface area (Å²) in [5.74, 6) is 0.747. The highest BCUT2D eigenvalue weighted by molar-refractivity contribution is 7.48. The first kappa shape index (κ1) is 19.7. The average Bonchev–Trinajstić information content (AvgIpc) is 2.39.